The number of rotatable bonds is 6. The van der Waals surface area contributed by atoms with Crippen molar-refractivity contribution in [1.82, 2.24) is 9.97 Å². The summed E-state index contributed by atoms with van der Waals surface area (Å²) < 4.78 is 0. The number of anilines is 1. The minimum absolute atomic E-state index is 0.232. The van der Waals surface area contributed by atoms with Gasteiger partial charge in [-0.3, -0.25) is 4.79 Å². The number of hydrogen-bond donors (Lipinski definition) is 0. The van der Waals surface area contributed by atoms with E-state index in [2.05, 4.69) is 28.7 Å². The zero-order chi connectivity index (χ0) is 13.7. The van der Waals surface area contributed by atoms with Crippen molar-refractivity contribution in [1.29, 1.82) is 0 Å². The number of halogens is 1. The lowest BCUT2D eigenvalue weighted by molar-refractivity contribution is 0.112. The zero-order valence-electron chi connectivity index (χ0n) is 11.4. The molecule has 1 unspecified atom stereocenters. The molecule has 100 valence electrons. The number of carbonyl (C=O) groups excluding carboxylic acids is 1. The third-order valence-corrected chi connectivity index (χ3v) is 3.31. The van der Waals surface area contributed by atoms with Crippen molar-refractivity contribution in [2.45, 2.75) is 34.1 Å². The van der Waals surface area contributed by atoms with Gasteiger partial charge in [-0.15, -0.1) is 0 Å². The first-order valence-electron chi connectivity index (χ1n) is 6.27. The van der Waals surface area contributed by atoms with Gasteiger partial charge in [0.05, 0.1) is 5.56 Å². The molecule has 0 saturated carbocycles. The van der Waals surface area contributed by atoms with Gasteiger partial charge in [-0.2, -0.15) is 0 Å². The second kappa shape index (κ2) is 6.69. The van der Waals surface area contributed by atoms with E-state index in [-0.39, 0.29) is 5.15 Å². The van der Waals surface area contributed by atoms with E-state index in [1.807, 2.05) is 6.92 Å². The first-order chi connectivity index (χ1) is 8.53. The Kier molecular flexibility index (Phi) is 5.54. The summed E-state index contributed by atoms with van der Waals surface area (Å²) in [5, 5.41) is 0.232. The smallest absolute Gasteiger partial charge is 0.156 e. The lowest BCUT2D eigenvalue weighted by Gasteiger charge is -2.26. The molecule has 0 saturated heterocycles. The molecule has 1 aromatic heterocycles. The number of aryl methyl sites for hydroxylation is 1. The standard InChI is InChI=1S/C13H20ClN3O/c1-5-9(3)7-17(6-2)13-11(8-18)12(14)15-10(4)16-13/h8-9H,5-7H2,1-4H3. The van der Waals surface area contributed by atoms with E-state index in [1.54, 1.807) is 6.92 Å². The van der Waals surface area contributed by atoms with E-state index in [0.717, 1.165) is 25.8 Å². The molecule has 0 amide bonds. The van der Waals surface area contributed by atoms with Gasteiger partial charge in [-0.1, -0.05) is 31.9 Å². The van der Waals surface area contributed by atoms with Gasteiger partial charge < -0.3 is 4.90 Å². The Hall–Kier alpha value is -1.16. The number of aldehydes is 1. The molecule has 0 spiro atoms. The highest BCUT2D eigenvalue weighted by Gasteiger charge is 2.17. The Morgan fingerprint density at radius 3 is 2.56 bits per heavy atom. The Labute approximate surface area is 113 Å². The molecule has 4 nitrogen and oxygen atoms in total. The van der Waals surface area contributed by atoms with Gasteiger partial charge in [0.25, 0.3) is 0 Å². The van der Waals surface area contributed by atoms with Gasteiger partial charge in [0.15, 0.2) is 6.29 Å². The van der Waals surface area contributed by atoms with Crippen LogP contribution in [0, 0.1) is 12.8 Å². The molecule has 1 rings (SSSR count). The summed E-state index contributed by atoms with van der Waals surface area (Å²) in [5.41, 5.74) is 0.382. The molecule has 0 bridgehead atoms. The summed E-state index contributed by atoms with van der Waals surface area (Å²) in [6.07, 6.45) is 1.82. The number of aromatic nitrogens is 2. The number of carbonyl (C=O) groups is 1. The second-order valence-electron chi connectivity index (χ2n) is 4.47. The quantitative estimate of drug-likeness (QED) is 0.588. The van der Waals surface area contributed by atoms with Gasteiger partial charge in [-0.25, -0.2) is 9.97 Å². The van der Waals surface area contributed by atoms with Crippen LogP contribution >= 0.6 is 11.6 Å². The molecule has 0 aromatic carbocycles. The van der Waals surface area contributed by atoms with E-state index in [1.165, 1.54) is 0 Å². The molecule has 1 atom stereocenters. The van der Waals surface area contributed by atoms with Gasteiger partial charge >= 0.3 is 0 Å². The van der Waals surface area contributed by atoms with Crippen molar-refractivity contribution in [2.24, 2.45) is 5.92 Å². The van der Waals surface area contributed by atoms with E-state index in [0.29, 0.717) is 23.1 Å². The summed E-state index contributed by atoms with van der Waals surface area (Å²) in [5.74, 6) is 1.77. The Balaban J connectivity index is 3.15. The van der Waals surface area contributed by atoms with Crippen LogP contribution in [0.25, 0.3) is 0 Å². The predicted molar refractivity (Wildman–Crippen MR) is 74.5 cm³/mol. The van der Waals surface area contributed by atoms with Crippen molar-refractivity contribution in [2.75, 3.05) is 18.0 Å². The normalized spacial score (nSPS) is 12.3. The largest absolute Gasteiger partial charge is 0.356 e. The molecule has 1 aromatic rings. The fourth-order valence-corrected chi connectivity index (χ4v) is 2.00. The molecule has 1 heterocycles. The van der Waals surface area contributed by atoms with Gasteiger partial charge in [-0.05, 0) is 19.8 Å². The van der Waals surface area contributed by atoms with Crippen LogP contribution in [0.15, 0.2) is 0 Å². The maximum absolute atomic E-state index is 11.1. The van der Waals surface area contributed by atoms with Gasteiger partial charge in [0.1, 0.15) is 16.8 Å². The molecule has 0 aliphatic rings. The molecule has 18 heavy (non-hydrogen) atoms. The fourth-order valence-electron chi connectivity index (χ4n) is 1.75. The first kappa shape index (κ1) is 14.9. The van der Waals surface area contributed by atoms with Crippen molar-refractivity contribution in [3.8, 4) is 0 Å². The summed E-state index contributed by atoms with van der Waals surface area (Å²) in [4.78, 5) is 21.6. The molecule has 0 N–H and O–H groups in total. The van der Waals surface area contributed by atoms with Crippen LogP contribution in [0.1, 0.15) is 43.4 Å². The SMILES string of the molecule is CCC(C)CN(CC)c1nc(C)nc(Cl)c1C=O. The minimum Gasteiger partial charge on any atom is -0.356 e. The Morgan fingerprint density at radius 2 is 2.06 bits per heavy atom. The van der Waals surface area contributed by atoms with Crippen LogP contribution in [0.5, 0.6) is 0 Å². The van der Waals surface area contributed by atoms with E-state index < -0.39 is 0 Å². The lowest BCUT2D eigenvalue weighted by atomic mass is 10.1. The highest BCUT2D eigenvalue weighted by molar-refractivity contribution is 6.32. The summed E-state index contributed by atoms with van der Waals surface area (Å²) in [6, 6.07) is 0. The fraction of sp³-hybridized carbons (Fsp3) is 0.615. The number of hydrogen-bond acceptors (Lipinski definition) is 4. The van der Waals surface area contributed by atoms with E-state index in [4.69, 9.17) is 11.6 Å². The van der Waals surface area contributed by atoms with Crippen LogP contribution in [-0.2, 0) is 0 Å². The van der Waals surface area contributed by atoms with E-state index >= 15 is 0 Å². The number of nitrogens with zero attached hydrogens (tertiary/aromatic N) is 3. The summed E-state index contributed by atoms with van der Waals surface area (Å²) in [6.45, 7) is 9.80. The maximum Gasteiger partial charge on any atom is 0.156 e. The second-order valence-corrected chi connectivity index (χ2v) is 4.83. The maximum atomic E-state index is 11.1. The minimum atomic E-state index is 0.232. The van der Waals surface area contributed by atoms with Crippen molar-refractivity contribution < 1.29 is 4.79 Å². The van der Waals surface area contributed by atoms with Crippen LogP contribution in [0.2, 0.25) is 5.15 Å². The summed E-state index contributed by atoms with van der Waals surface area (Å²) >= 11 is 6.00. The average molecular weight is 270 g/mol. The molecule has 5 heteroatoms. The van der Waals surface area contributed by atoms with Crippen LogP contribution in [0.3, 0.4) is 0 Å². The molecule has 0 radical (unpaired) electrons. The zero-order valence-corrected chi connectivity index (χ0v) is 12.2. The molecule has 0 aliphatic carbocycles. The van der Waals surface area contributed by atoms with Crippen LogP contribution < -0.4 is 4.90 Å². The van der Waals surface area contributed by atoms with Gasteiger partial charge in [0.2, 0.25) is 0 Å². The van der Waals surface area contributed by atoms with E-state index in [9.17, 15) is 4.79 Å². The third kappa shape index (κ3) is 3.42. The van der Waals surface area contributed by atoms with Crippen molar-refractivity contribution in [3.63, 3.8) is 0 Å². The molecule has 0 fully saturated rings. The van der Waals surface area contributed by atoms with Gasteiger partial charge in [0, 0.05) is 13.1 Å². The van der Waals surface area contributed by atoms with Crippen molar-refractivity contribution >= 4 is 23.7 Å². The highest BCUT2D eigenvalue weighted by Crippen LogP contribution is 2.23. The molecular weight excluding hydrogens is 250 g/mol. The molecular formula is C13H20ClN3O. The van der Waals surface area contributed by atoms with Crippen molar-refractivity contribution in [3.05, 3.63) is 16.5 Å². The highest BCUT2D eigenvalue weighted by atomic mass is 35.5. The third-order valence-electron chi connectivity index (χ3n) is 3.02. The van der Waals surface area contributed by atoms with Crippen LogP contribution in [0.4, 0.5) is 5.82 Å². The summed E-state index contributed by atoms with van der Waals surface area (Å²) in [7, 11) is 0. The Bertz CT molecular complexity index is 423. The lowest BCUT2D eigenvalue weighted by Crippen LogP contribution is -2.30. The topological polar surface area (TPSA) is 46.1 Å². The van der Waals surface area contributed by atoms with Crippen LogP contribution in [-0.4, -0.2) is 29.3 Å². The average Bonchev–Trinajstić information content (AvgIpc) is 2.34. The first-order valence-corrected chi connectivity index (χ1v) is 6.65. The Morgan fingerprint density at radius 1 is 1.39 bits per heavy atom. The predicted octanol–water partition coefficient (Wildman–Crippen LogP) is 3.12. The monoisotopic (exact) mass is 269 g/mol. The molecule has 0 aliphatic heterocycles.